The van der Waals surface area contributed by atoms with Crippen LogP contribution in [0.3, 0.4) is 0 Å². The predicted molar refractivity (Wildman–Crippen MR) is 124 cm³/mol. The van der Waals surface area contributed by atoms with E-state index in [1.165, 1.54) is 16.6 Å². The fourth-order valence-electron chi connectivity index (χ4n) is 4.53. The molecule has 0 unspecified atom stereocenters. The molecule has 4 heterocycles. The van der Waals surface area contributed by atoms with Gasteiger partial charge in [-0.3, -0.25) is 9.48 Å². The van der Waals surface area contributed by atoms with Crippen LogP contribution < -0.4 is 14.2 Å². The Hall–Kier alpha value is -3.38. The molecule has 2 aliphatic heterocycles. The summed E-state index contributed by atoms with van der Waals surface area (Å²) >= 11 is 0. The molecule has 0 radical (unpaired) electrons. The maximum Gasteiger partial charge on any atom is 0.309 e. The molecule has 1 fully saturated rings. The highest BCUT2D eigenvalue weighted by Crippen LogP contribution is 2.40. The number of carbonyl (C=O) groups is 1. The third kappa shape index (κ3) is 4.27. The summed E-state index contributed by atoms with van der Waals surface area (Å²) < 4.78 is 46.3. The van der Waals surface area contributed by atoms with E-state index in [0.717, 1.165) is 0 Å². The maximum atomic E-state index is 13.3. The van der Waals surface area contributed by atoms with Gasteiger partial charge in [0.15, 0.2) is 16.5 Å². The second kappa shape index (κ2) is 8.68. The third-order valence-corrected chi connectivity index (χ3v) is 7.88. The first-order chi connectivity index (χ1) is 16.6. The van der Waals surface area contributed by atoms with Crippen LogP contribution in [0.25, 0.3) is 10.9 Å². The number of benzene rings is 1. The van der Waals surface area contributed by atoms with E-state index in [1.807, 2.05) is 20.8 Å². The van der Waals surface area contributed by atoms with Crippen molar-refractivity contribution in [2.75, 3.05) is 19.9 Å². The van der Waals surface area contributed by atoms with Crippen LogP contribution in [0.1, 0.15) is 32.5 Å². The minimum atomic E-state index is -3.85. The molecule has 0 bridgehead atoms. The number of rotatable bonds is 7. The number of pyridine rings is 1. The molecule has 35 heavy (non-hydrogen) atoms. The predicted octanol–water partition coefficient (Wildman–Crippen LogP) is 2.46. The normalized spacial score (nSPS) is 20.1. The number of hydrogen-bond donors (Lipinski definition) is 1. The topological polar surface area (TPSA) is 133 Å². The minimum absolute atomic E-state index is 0.0486. The molecule has 2 atom stereocenters. The average molecular weight is 503 g/mol. The number of aromatic nitrogens is 3. The van der Waals surface area contributed by atoms with Crippen LogP contribution in [-0.2, 0) is 21.2 Å². The lowest BCUT2D eigenvalue weighted by Gasteiger charge is -2.17. The highest BCUT2D eigenvalue weighted by Gasteiger charge is 2.40. The smallest absolute Gasteiger partial charge is 0.309 e. The fraction of sp³-hybridized carbons (Fsp3) is 0.435. The maximum absolute atomic E-state index is 13.3. The van der Waals surface area contributed by atoms with Crippen LogP contribution in [0.15, 0.2) is 35.5 Å². The average Bonchev–Trinajstić information content (AvgIpc) is 3.49. The van der Waals surface area contributed by atoms with Crippen molar-refractivity contribution in [2.24, 2.45) is 5.92 Å². The molecule has 1 saturated heterocycles. The van der Waals surface area contributed by atoms with E-state index < -0.39 is 16.0 Å². The van der Waals surface area contributed by atoms with Crippen LogP contribution in [0.5, 0.6) is 17.2 Å². The van der Waals surface area contributed by atoms with Gasteiger partial charge in [-0.25, -0.2) is 13.4 Å². The van der Waals surface area contributed by atoms with E-state index in [-0.39, 0.29) is 49.4 Å². The molecule has 11 nitrogen and oxygen atoms in total. The Kier molecular flexibility index (Phi) is 5.80. The van der Waals surface area contributed by atoms with Crippen molar-refractivity contribution in [3.63, 3.8) is 0 Å². The van der Waals surface area contributed by atoms with Gasteiger partial charge < -0.3 is 19.3 Å². The van der Waals surface area contributed by atoms with Crippen LogP contribution in [-0.4, -0.2) is 64.5 Å². The lowest BCUT2D eigenvalue weighted by molar-refractivity contribution is -0.136. The zero-order chi connectivity index (χ0) is 24.9. The largest absolute Gasteiger partial charge is 0.489 e. The van der Waals surface area contributed by atoms with Crippen molar-refractivity contribution in [2.45, 2.75) is 44.4 Å². The molecule has 1 aromatic carbocycles. The van der Waals surface area contributed by atoms with E-state index in [9.17, 15) is 18.3 Å². The molecule has 3 aromatic rings. The molecular formula is C23H26N4O7S. The Morgan fingerprint density at radius 2 is 1.97 bits per heavy atom. The summed E-state index contributed by atoms with van der Waals surface area (Å²) in [6.45, 7) is 6.25. The highest BCUT2D eigenvalue weighted by molar-refractivity contribution is 7.89. The molecule has 0 saturated carbocycles. The second-order valence-electron chi connectivity index (χ2n) is 9.05. The fourth-order valence-corrected chi connectivity index (χ4v) is 6.00. The van der Waals surface area contributed by atoms with Gasteiger partial charge in [0.25, 0.3) is 10.0 Å². The molecule has 1 N–H and O–H groups in total. The Bertz CT molecular complexity index is 1390. The number of fused-ring (bicyclic) bond motifs is 2. The molecule has 186 valence electrons. The van der Waals surface area contributed by atoms with E-state index in [0.29, 0.717) is 33.8 Å². The SMILES string of the molecule is CC(C)Oc1ccc(S(=O)(=O)N2C[C@@H](C)[C@@H](n3nc(CC(=O)O)c4cc5c(cc43)OCO5)C2)nc1. The highest BCUT2D eigenvalue weighted by atomic mass is 32.2. The summed E-state index contributed by atoms with van der Waals surface area (Å²) in [6.07, 6.45) is 1.10. The van der Waals surface area contributed by atoms with Gasteiger partial charge in [0, 0.05) is 24.5 Å². The van der Waals surface area contributed by atoms with Crippen molar-refractivity contribution < 1.29 is 32.5 Å². The monoisotopic (exact) mass is 502 g/mol. The van der Waals surface area contributed by atoms with Gasteiger partial charge in [0.05, 0.1) is 36.0 Å². The van der Waals surface area contributed by atoms with E-state index in [4.69, 9.17) is 14.2 Å². The van der Waals surface area contributed by atoms with Gasteiger partial charge in [0.1, 0.15) is 5.75 Å². The number of carboxylic acids is 1. The van der Waals surface area contributed by atoms with E-state index in [2.05, 4.69) is 10.1 Å². The van der Waals surface area contributed by atoms with Gasteiger partial charge in [-0.2, -0.15) is 9.40 Å². The quantitative estimate of drug-likeness (QED) is 0.517. The van der Waals surface area contributed by atoms with Crippen LogP contribution in [0.2, 0.25) is 0 Å². The molecule has 0 spiro atoms. The summed E-state index contributed by atoms with van der Waals surface area (Å²) in [5.41, 5.74) is 1.07. The summed E-state index contributed by atoms with van der Waals surface area (Å²) in [6, 6.07) is 6.24. The lowest BCUT2D eigenvalue weighted by atomic mass is 10.1. The molecule has 12 heteroatoms. The number of ether oxygens (including phenoxy) is 3. The molecule has 0 aliphatic carbocycles. The lowest BCUT2D eigenvalue weighted by Crippen LogP contribution is -2.30. The number of carboxylic acid groups (broad SMARTS) is 1. The third-order valence-electron chi connectivity index (χ3n) is 6.13. The number of aliphatic carboxylic acids is 1. The van der Waals surface area contributed by atoms with Crippen molar-refractivity contribution in [1.82, 2.24) is 19.1 Å². The summed E-state index contributed by atoms with van der Waals surface area (Å²) in [4.78, 5) is 15.6. The Balaban J connectivity index is 1.47. The van der Waals surface area contributed by atoms with Gasteiger partial charge in [-0.05, 0) is 38.0 Å². The van der Waals surface area contributed by atoms with Crippen molar-refractivity contribution in [1.29, 1.82) is 0 Å². The molecule has 0 amide bonds. The summed E-state index contributed by atoms with van der Waals surface area (Å²) in [5.74, 6) is 0.486. The summed E-state index contributed by atoms with van der Waals surface area (Å²) in [7, 11) is -3.85. The van der Waals surface area contributed by atoms with Crippen LogP contribution in [0, 0.1) is 5.92 Å². The standard InChI is InChI=1S/C23H26N4O7S/c1-13(2)34-15-4-5-22(24-9-15)35(30,31)26-10-14(3)19(11-26)27-18-8-21-20(32-12-33-21)6-16(18)17(25-27)7-23(28)29/h4-6,8-9,13-14,19H,7,10-12H2,1-3H3,(H,28,29)/t14-,19+/m1/s1. The Labute approximate surface area is 202 Å². The van der Waals surface area contributed by atoms with Crippen molar-refractivity contribution >= 4 is 26.9 Å². The molecular weight excluding hydrogens is 476 g/mol. The zero-order valence-electron chi connectivity index (χ0n) is 19.5. The minimum Gasteiger partial charge on any atom is -0.489 e. The molecule has 2 aliphatic rings. The second-order valence-corrected chi connectivity index (χ2v) is 10.9. The number of sulfonamides is 1. The Morgan fingerprint density at radius 1 is 1.23 bits per heavy atom. The Morgan fingerprint density at radius 3 is 2.63 bits per heavy atom. The van der Waals surface area contributed by atoms with Crippen molar-refractivity contribution in [3.05, 3.63) is 36.2 Å². The number of hydrogen-bond acceptors (Lipinski definition) is 8. The first-order valence-electron chi connectivity index (χ1n) is 11.3. The van der Waals surface area contributed by atoms with Gasteiger partial charge in [-0.1, -0.05) is 6.92 Å². The number of nitrogens with zero attached hydrogens (tertiary/aromatic N) is 4. The summed E-state index contributed by atoms with van der Waals surface area (Å²) in [5, 5.41) is 14.6. The van der Waals surface area contributed by atoms with Gasteiger partial charge in [0.2, 0.25) is 6.79 Å². The van der Waals surface area contributed by atoms with Gasteiger partial charge in [-0.15, -0.1) is 0 Å². The van der Waals surface area contributed by atoms with Crippen molar-refractivity contribution in [3.8, 4) is 17.2 Å². The first-order valence-corrected chi connectivity index (χ1v) is 12.7. The molecule has 2 aromatic heterocycles. The van der Waals surface area contributed by atoms with E-state index in [1.54, 1.807) is 22.9 Å². The first kappa shape index (κ1) is 23.4. The molecule has 5 rings (SSSR count). The van der Waals surface area contributed by atoms with E-state index >= 15 is 0 Å². The zero-order valence-corrected chi connectivity index (χ0v) is 20.4. The van der Waals surface area contributed by atoms with Crippen LogP contribution in [0.4, 0.5) is 0 Å². The van der Waals surface area contributed by atoms with Crippen LogP contribution >= 0.6 is 0 Å². The van der Waals surface area contributed by atoms with Gasteiger partial charge >= 0.3 is 5.97 Å².